The molecule has 1 heterocycles. The van der Waals surface area contributed by atoms with Crippen LogP contribution in [0.3, 0.4) is 0 Å². The number of aromatic nitrogens is 1. The summed E-state index contributed by atoms with van der Waals surface area (Å²) < 4.78 is 5.10. The normalized spacial score (nSPS) is 11.3. The zero-order valence-corrected chi connectivity index (χ0v) is 14.6. The van der Waals surface area contributed by atoms with Crippen LogP contribution in [-0.2, 0) is 16.1 Å². The molecule has 0 bridgehead atoms. The number of carbonyl (C=O) groups excluding carboxylic acids is 2. The molecule has 1 atom stereocenters. The number of rotatable bonds is 8. The summed E-state index contributed by atoms with van der Waals surface area (Å²) in [5.74, 6) is -0.507. The number of hydrogen-bond acceptors (Lipinski definition) is 5. The fourth-order valence-electron chi connectivity index (χ4n) is 1.68. The molecule has 7 nitrogen and oxygen atoms in total. The van der Waals surface area contributed by atoms with Crippen LogP contribution in [0.5, 0.6) is 0 Å². The number of urea groups is 1. The van der Waals surface area contributed by atoms with Crippen LogP contribution in [0, 0.1) is 0 Å². The van der Waals surface area contributed by atoms with Crippen LogP contribution in [0.4, 0.5) is 4.79 Å². The molecule has 1 aromatic rings. The van der Waals surface area contributed by atoms with Crippen molar-refractivity contribution < 1.29 is 14.3 Å². The Hall–Kier alpha value is -1.28. The molecule has 0 aromatic carbocycles. The number of hydrogen-bond donors (Lipinski definition) is 3. The van der Waals surface area contributed by atoms with Crippen LogP contribution >= 0.6 is 35.6 Å². The Bertz CT molecular complexity index is 511. The summed E-state index contributed by atoms with van der Waals surface area (Å²) in [5, 5.41) is 2.91. The van der Waals surface area contributed by atoms with Crippen molar-refractivity contribution in [2.75, 3.05) is 6.54 Å². The summed E-state index contributed by atoms with van der Waals surface area (Å²) >= 11 is 11.5. The van der Waals surface area contributed by atoms with Crippen LogP contribution in [0.1, 0.15) is 24.8 Å². The molecular formula is C13H19Cl3N4O3. The highest BCUT2D eigenvalue weighted by Gasteiger charge is 2.15. The van der Waals surface area contributed by atoms with Gasteiger partial charge in [-0.2, -0.15) is 0 Å². The maximum absolute atomic E-state index is 11.7. The first-order chi connectivity index (χ1) is 10.4. The van der Waals surface area contributed by atoms with E-state index in [0.717, 1.165) is 0 Å². The molecule has 0 fully saturated rings. The fourth-order valence-corrected chi connectivity index (χ4v) is 2.18. The van der Waals surface area contributed by atoms with Crippen molar-refractivity contribution in [1.82, 2.24) is 10.3 Å². The maximum Gasteiger partial charge on any atom is 0.323 e. The van der Waals surface area contributed by atoms with Gasteiger partial charge in [0.25, 0.3) is 0 Å². The number of nitrogens with one attached hydrogen (secondary N) is 1. The van der Waals surface area contributed by atoms with Crippen molar-refractivity contribution >= 4 is 47.6 Å². The number of pyridine rings is 1. The Kier molecular flexibility index (Phi) is 10.7. The number of ether oxygens (including phenoxy) is 1. The first kappa shape index (κ1) is 21.7. The number of esters is 1. The first-order valence-electron chi connectivity index (χ1n) is 6.66. The second kappa shape index (κ2) is 11.3. The zero-order valence-electron chi connectivity index (χ0n) is 12.3. The Balaban J connectivity index is 0.00000484. The molecule has 130 valence electrons. The molecule has 0 spiro atoms. The van der Waals surface area contributed by atoms with Gasteiger partial charge >= 0.3 is 12.0 Å². The van der Waals surface area contributed by atoms with Gasteiger partial charge in [0.1, 0.15) is 23.0 Å². The average molecular weight is 386 g/mol. The van der Waals surface area contributed by atoms with Crippen molar-refractivity contribution in [3.63, 3.8) is 0 Å². The van der Waals surface area contributed by atoms with Crippen LogP contribution in [0.2, 0.25) is 10.3 Å². The van der Waals surface area contributed by atoms with Gasteiger partial charge in [0, 0.05) is 6.54 Å². The van der Waals surface area contributed by atoms with Gasteiger partial charge in [-0.3, -0.25) is 4.79 Å². The van der Waals surface area contributed by atoms with Crippen molar-refractivity contribution in [3.05, 3.63) is 28.0 Å². The van der Waals surface area contributed by atoms with E-state index >= 15 is 0 Å². The van der Waals surface area contributed by atoms with E-state index in [2.05, 4.69) is 10.3 Å². The molecule has 10 heteroatoms. The topological polar surface area (TPSA) is 120 Å². The summed E-state index contributed by atoms with van der Waals surface area (Å²) in [6, 6.07) is 1.82. The highest BCUT2D eigenvalue weighted by atomic mass is 35.5. The highest BCUT2D eigenvalue weighted by molar-refractivity contribution is 6.32. The smallest absolute Gasteiger partial charge is 0.323 e. The Morgan fingerprint density at radius 2 is 1.87 bits per heavy atom. The predicted molar refractivity (Wildman–Crippen MR) is 90.7 cm³/mol. The summed E-state index contributed by atoms with van der Waals surface area (Å²) in [6.45, 7) is 0.475. The largest absolute Gasteiger partial charge is 0.460 e. The van der Waals surface area contributed by atoms with Crippen molar-refractivity contribution in [1.29, 1.82) is 0 Å². The number of primary amides is 1. The number of nitrogens with two attached hydrogens (primary N) is 2. The minimum absolute atomic E-state index is 0. The third-order valence-electron chi connectivity index (χ3n) is 2.75. The molecular weight excluding hydrogens is 367 g/mol. The fraction of sp³-hybridized carbons (Fsp3) is 0.462. The van der Waals surface area contributed by atoms with Crippen LogP contribution < -0.4 is 16.8 Å². The molecule has 0 aliphatic heterocycles. The monoisotopic (exact) mass is 384 g/mol. The minimum Gasteiger partial charge on any atom is -0.460 e. The molecule has 1 rings (SSSR count). The maximum atomic E-state index is 11.7. The van der Waals surface area contributed by atoms with E-state index in [1.807, 2.05) is 0 Å². The number of halogens is 3. The summed E-state index contributed by atoms with van der Waals surface area (Å²) in [6.07, 6.45) is 1.81. The van der Waals surface area contributed by atoms with Gasteiger partial charge in [0.05, 0.1) is 0 Å². The molecule has 0 aliphatic rings. The molecule has 0 saturated carbocycles. The van der Waals surface area contributed by atoms with Crippen molar-refractivity contribution in [3.8, 4) is 0 Å². The quantitative estimate of drug-likeness (QED) is 0.359. The SMILES string of the molecule is Cl.NC(=O)NCCCC[C@H](N)C(=O)OCc1cc(Cl)nc(Cl)c1. The standard InChI is InChI=1S/C13H18Cl2N4O3.ClH/c14-10-5-8(6-11(15)19-10)7-22-12(20)9(16)3-1-2-4-18-13(17)21;/h5-6,9H,1-4,7,16H2,(H3,17,18,21);1H/t9-;/m0./s1. The van der Waals surface area contributed by atoms with Gasteiger partial charge in [-0.25, -0.2) is 9.78 Å². The van der Waals surface area contributed by atoms with E-state index in [1.54, 1.807) is 12.1 Å². The van der Waals surface area contributed by atoms with E-state index in [0.29, 0.717) is 31.4 Å². The van der Waals surface area contributed by atoms with Crippen molar-refractivity contribution in [2.45, 2.75) is 31.9 Å². The lowest BCUT2D eigenvalue weighted by atomic mass is 10.1. The lowest BCUT2D eigenvalue weighted by Gasteiger charge is -2.11. The lowest BCUT2D eigenvalue weighted by Crippen LogP contribution is -2.33. The summed E-state index contributed by atoms with van der Waals surface area (Å²) in [7, 11) is 0. The Morgan fingerprint density at radius 3 is 2.43 bits per heavy atom. The number of amides is 2. The second-order valence-corrected chi connectivity index (χ2v) is 5.40. The Morgan fingerprint density at radius 1 is 1.26 bits per heavy atom. The van der Waals surface area contributed by atoms with Gasteiger partial charge in [-0.05, 0) is 37.0 Å². The number of unbranched alkanes of at least 4 members (excludes halogenated alkanes) is 1. The van der Waals surface area contributed by atoms with E-state index < -0.39 is 18.0 Å². The second-order valence-electron chi connectivity index (χ2n) is 4.62. The van der Waals surface area contributed by atoms with Gasteiger partial charge < -0.3 is 21.5 Å². The van der Waals surface area contributed by atoms with Crippen LogP contribution in [0.15, 0.2) is 12.1 Å². The van der Waals surface area contributed by atoms with E-state index in [9.17, 15) is 9.59 Å². The van der Waals surface area contributed by atoms with Crippen LogP contribution in [0.25, 0.3) is 0 Å². The Labute approximate surface area is 150 Å². The first-order valence-corrected chi connectivity index (χ1v) is 7.41. The molecule has 0 unspecified atom stereocenters. The van der Waals surface area contributed by atoms with Gasteiger partial charge in [-0.15, -0.1) is 12.4 Å². The molecule has 0 radical (unpaired) electrons. The van der Waals surface area contributed by atoms with Crippen molar-refractivity contribution in [2.24, 2.45) is 11.5 Å². The van der Waals surface area contributed by atoms with Gasteiger partial charge in [0.15, 0.2) is 0 Å². The predicted octanol–water partition coefficient (Wildman–Crippen LogP) is 2.02. The highest BCUT2D eigenvalue weighted by Crippen LogP contribution is 2.15. The third kappa shape index (κ3) is 9.45. The number of nitrogens with zero attached hydrogens (tertiary/aromatic N) is 1. The lowest BCUT2D eigenvalue weighted by molar-refractivity contribution is -0.146. The van der Waals surface area contributed by atoms with E-state index in [1.165, 1.54) is 0 Å². The number of carbonyl (C=O) groups is 2. The molecule has 0 saturated heterocycles. The molecule has 5 N–H and O–H groups in total. The molecule has 1 aromatic heterocycles. The summed E-state index contributed by atoms with van der Waals surface area (Å²) in [4.78, 5) is 26.0. The zero-order chi connectivity index (χ0) is 16.5. The summed E-state index contributed by atoms with van der Waals surface area (Å²) in [5.41, 5.74) is 11.3. The van der Waals surface area contributed by atoms with E-state index in [4.69, 9.17) is 39.4 Å². The molecule has 23 heavy (non-hydrogen) atoms. The van der Waals surface area contributed by atoms with Gasteiger partial charge in [-0.1, -0.05) is 23.2 Å². The van der Waals surface area contributed by atoms with Crippen LogP contribution in [-0.4, -0.2) is 29.6 Å². The average Bonchev–Trinajstić information content (AvgIpc) is 2.42. The minimum atomic E-state index is -0.721. The van der Waals surface area contributed by atoms with Gasteiger partial charge in [0.2, 0.25) is 0 Å². The molecule has 2 amide bonds. The van der Waals surface area contributed by atoms with E-state index in [-0.39, 0.29) is 29.3 Å². The molecule has 0 aliphatic carbocycles. The third-order valence-corrected chi connectivity index (χ3v) is 3.13.